The lowest BCUT2D eigenvalue weighted by atomic mass is 10.2. The molecule has 7 nitrogen and oxygen atoms in total. The molecule has 1 heterocycles. The van der Waals surface area contributed by atoms with Crippen molar-refractivity contribution in [3.63, 3.8) is 0 Å². The maximum absolute atomic E-state index is 12.4. The number of methoxy groups -OCH3 is 1. The average Bonchev–Trinajstić information content (AvgIpc) is 3.04. The molecular formula is C20H14Cl2N4O3. The maximum Gasteiger partial charge on any atom is 0.357 e. The molecular weight excluding hydrogens is 415 g/mol. The van der Waals surface area contributed by atoms with Crippen molar-refractivity contribution in [2.24, 2.45) is 0 Å². The highest BCUT2D eigenvalue weighted by atomic mass is 35.5. The van der Waals surface area contributed by atoms with Gasteiger partial charge in [0.25, 0.3) is 5.91 Å². The van der Waals surface area contributed by atoms with Gasteiger partial charge < -0.3 is 20.4 Å². The molecule has 3 rings (SSSR count). The lowest BCUT2D eigenvalue weighted by Gasteiger charge is -2.11. The van der Waals surface area contributed by atoms with Crippen molar-refractivity contribution in [3.05, 3.63) is 75.5 Å². The highest BCUT2D eigenvalue weighted by Gasteiger charge is 2.21. The Balaban J connectivity index is 1.89. The van der Waals surface area contributed by atoms with Crippen molar-refractivity contribution in [1.82, 2.24) is 4.57 Å². The number of nitrogens with one attached hydrogen (secondary N) is 1. The number of amides is 1. The number of nitrogens with two attached hydrogens (primary N) is 1. The van der Waals surface area contributed by atoms with E-state index in [4.69, 9.17) is 33.7 Å². The van der Waals surface area contributed by atoms with Gasteiger partial charge in [0.2, 0.25) is 0 Å². The van der Waals surface area contributed by atoms with E-state index in [0.717, 1.165) is 0 Å². The zero-order valence-corrected chi connectivity index (χ0v) is 16.6. The van der Waals surface area contributed by atoms with Gasteiger partial charge in [0.15, 0.2) is 5.69 Å². The van der Waals surface area contributed by atoms with Crippen molar-refractivity contribution in [2.75, 3.05) is 18.2 Å². The summed E-state index contributed by atoms with van der Waals surface area (Å²) in [5.41, 5.74) is 7.47. The number of carbonyl (C=O) groups excluding carboxylic acids is 2. The predicted octanol–water partition coefficient (Wildman–Crippen LogP) is 4.28. The summed E-state index contributed by atoms with van der Waals surface area (Å²) in [7, 11) is 1.23. The number of rotatable bonds is 4. The fourth-order valence-corrected chi connectivity index (χ4v) is 3.19. The van der Waals surface area contributed by atoms with Gasteiger partial charge in [-0.15, -0.1) is 0 Å². The Labute approximate surface area is 176 Å². The van der Waals surface area contributed by atoms with Crippen molar-refractivity contribution in [2.45, 2.75) is 0 Å². The summed E-state index contributed by atoms with van der Waals surface area (Å²) in [6, 6.07) is 13.1. The van der Waals surface area contributed by atoms with E-state index < -0.39 is 11.9 Å². The summed E-state index contributed by atoms with van der Waals surface area (Å²) in [5, 5.41) is 12.6. The van der Waals surface area contributed by atoms with Crippen LogP contribution in [0.1, 0.15) is 26.4 Å². The van der Waals surface area contributed by atoms with Crippen LogP contribution in [0.5, 0.6) is 0 Å². The van der Waals surface area contributed by atoms with E-state index in [1.807, 2.05) is 6.07 Å². The minimum Gasteiger partial charge on any atom is -0.464 e. The van der Waals surface area contributed by atoms with Gasteiger partial charge in [-0.3, -0.25) is 4.79 Å². The smallest absolute Gasteiger partial charge is 0.357 e. The van der Waals surface area contributed by atoms with Crippen LogP contribution >= 0.6 is 23.2 Å². The predicted molar refractivity (Wildman–Crippen MR) is 111 cm³/mol. The summed E-state index contributed by atoms with van der Waals surface area (Å²) in [5.74, 6) is -1.06. The highest BCUT2D eigenvalue weighted by molar-refractivity contribution is 6.37. The van der Waals surface area contributed by atoms with E-state index >= 15 is 0 Å². The van der Waals surface area contributed by atoms with Crippen LogP contribution in [-0.2, 0) is 4.74 Å². The Bertz CT molecular complexity index is 1150. The maximum atomic E-state index is 12.4. The molecule has 3 N–H and O–H groups in total. The van der Waals surface area contributed by atoms with Crippen LogP contribution in [-0.4, -0.2) is 23.6 Å². The zero-order valence-electron chi connectivity index (χ0n) is 15.1. The fourth-order valence-electron chi connectivity index (χ4n) is 2.70. The minimum absolute atomic E-state index is 0.0362. The van der Waals surface area contributed by atoms with Crippen LogP contribution in [0.2, 0.25) is 10.0 Å². The second-order valence-electron chi connectivity index (χ2n) is 5.90. The average molecular weight is 429 g/mol. The first-order valence-electron chi connectivity index (χ1n) is 8.21. The molecule has 0 spiro atoms. The van der Waals surface area contributed by atoms with Crippen LogP contribution in [0.3, 0.4) is 0 Å². The number of aromatic nitrogens is 1. The number of nitrogen functional groups attached to an aromatic ring is 1. The molecule has 29 heavy (non-hydrogen) atoms. The molecule has 0 fully saturated rings. The third kappa shape index (κ3) is 4.04. The summed E-state index contributed by atoms with van der Waals surface area (Å²) in [6.07, 6.45) is 1.45. The number of ether oxygens (including phenoxy) is 1. The van der Waals surface area contributed by atoms with Gasteiger partial charge >= 0.3 is 5.97 Å². The minimum atomic E-state index is -0.668. The van der Waals surface area contributed by atoms with Gasteiger partial charge in [-0.05, 0) is 42.5 Å². The van der Waals surface area contributed by atoms with Crippen LogP contribution in [0.25, 0.3) is 5.69 Å². The number of hydrogen-bond donors (Lipinski definition) is 2. The van der Waals surface area contributed by atoms with E-state index in [9.17, 15) is 14.9 Å². The van der Waals surface area contributed by atoms with Gasteiger partial charge in [-0.1, -0.05) is 23.2 Å². The lowest BCUT2D eigenvalue weighted by molar-refractivity contribution is 0.0593. The summed E-state index contributed by atoms with van der Waals surface area (Å²) < 4.78 is 6.21. The second kappa shape index (κ2) is 8.27. The zero-order chi connectivity index (χ0) is 21.1. The van der Waals surface area contributed by atoms with Gasteiger partial charge in [0, 0.05) is 22.6 Å². The number of nitriles is 1. The fraction of sp³-hybridized carbons (Fsp3) is 0.0500. The van der Waals surface area contributed by atoms with Crippen LogP contribution < -0.4 is 11.1 Å². The van der Waals surface area contributed by atoms with E-state index in [2.05, 4.69) is 5.32 Å². The molecule has 2 aromatic carbocycles. The quantitative estimate of drug-likeness (QED) is 0.602. The number of anilines is 2. The van der Waals surface area contributed by atoms with Gasteiger partial charge in [0.05, 0.1) is 28.9 Å². The highest BCUT2D eigenvalue weighted by Crippen LogP contribution is 2.26. The van der Waals surface area contributed by atoms with E-state index in [1.165, 1.54) is 30.0 Å². The molecule has 0 bridgehead atoms. The summed E-state index contributed by atoms with van der Waals surface area (Å²) >= 11 is 11.9. The monoisotopic (exact) mass is 428 g/mol. The molecule has 0 aliphatic rings. The van der Waals surface area contributed by atoms with E-state index in [1.54, 1.807) is 30.3 Å². The first-order chi connectivity index (χ1) is 13.8. The van der Waals surface area contributed by atoms with Crippen LogP contribution in [0.15, 0.2) is 48.7 Å². The van der Waals surface area contributed by atoms with Gasteiger partial charge in [-0.2, -0.15) is 5.26 Å². The molecule has 9 heteroatoms. The summed E-state index contributed by atoms with van der Waals surface area (Å²) in [4.78, 5) is 24.5. The summed E-state index contributed by atoms with van der Waals surface area (Å²) in [6.45, 7) is 0. The van der Waals surface area contributed by atoms with Crippen molar-refractivity contribution in [3.8, 4) is 11.8 Å². The number of carbonyl (C=O) groups is 2. The first kappa shape index (κ1) is 20.3. The Kier molecular flexibility index (Phi) is 5.78. The molecule has 0 saturated carbocycles. The molecule has 0 radical (unpaired) electrons. The molecule has 3 aromatic rings. The number of esters is 1. The molecule has 1 aromatic heterocycles. The first-order valence-corrected chi connectivity index (χ1v) is 8.97. The lowest BCUT2D eigenvalue weighted by Crippen LogP contribution is -2.13. The Morgan fingerprint density at radius 3 is 2.45 bits per heavy atom. The standard InChI is InChI=1S/C20H14Cl2N4O3/c1-29-20(28)18-17(24)11(9-23)10-26(18)14-5-3-13(4-6-14)25-19(27)15-7-2-12(21)8-16(15)22/h2-8,10H,24H2,1H3,(H,25,27). The molecule has 0 aliphatic carbocycles. The molecule has 1 amide bonds. The normalized spacial score (nSPS) is 10.3. The third-order valence-corrected chi connectivity index (χ3v) is 4.67. The number of halogens is 2. The van der Waals surface area contributed by atoms with Crippen LogP contribution in [0, 0.1) is 11.3 Å². The molecule has 0 aliphatic heterocycles. The second-order valence-corrected chi connectivity index (χ2v) is 6.75. The van der Waals surface area contributed by atoms with Crippen molar-refractivity contribution in [1.29, 1.82) is 5.26 Å². The number of nitrogens with zero attached hydrogens (tertiary/aromatic N) is 2. The SMILES string of the molecule is COC(=O)c1c(N)c(C#N)cn1-c1ccc(NC(=O)c2ccc(Cl)cc2Cl)cc1. The van der Waals surface area contributed by atoms with E-state index in [0.29, 0.717) is 16.4 Å². The molecule has 0 saturated heterocycles. The third-order valence-electron chi connectivity index (χ3n) is 4.12. The molecule has 0 atom stereocenters. The number of benzene rings is 2. The van der Waals surface area contributed by atoms with E-state index in [-0.39, 0.29) is 27.5 Å². The van der Waals surface area contributed by atoms with Crippen molar-refractivity contribution < 1.29 is 14.3 Å². The van der Waals surface area contributed by atoms with Crippen molar-refractivity contribution >= 4 is 46.5 Å². The molecule has 146 valence electrons. The number of hydrogen-bond acceptors (Lipinski definition) is 5. The topological polar surface area (TPSA) is 110 Å². The largest absolute Gasteiger partial charge is 0.464 e. The Morgan fingerprint density at radius 1 is 1.17 bits per heavy atom. The van der Waals surface area contributed by atoms with Crippen LogP contribution in [0.4, 0.5) is 11.4 Å². The Morgan fingerprint density at radius 2 is 1.86 bits per heavy atom. The van der Waals surface area contributed by atoms with Gasteiger partial charge in [0.1, 0.15) is 6.07 Å². The molecule has 0 unspecified atom stereocenters. The van der Waals surface area contributed by atoms with Gasteiger partial charge in [-0.25, -0.2) is 4.79 Å². The Hall–Kier alpha value is -3.47.